The standard InChI is InChI=1S/C12H26N2O3/c1-4-7-13-12(15)14(8-10-16-5-2)9-11-17-6-3/h4-11H2,1-3H3,(H,13,15). The van der Waals surface area contributed by atoms with E-state index in [1.165, 1.54) is 0 Å². The Kier molecular flexibility index (Phi) is 11.1. The number of rotatable bonds is 10. The predicted molar refractivity (Wildman–Crippen MR) is 68.2 cm³/mol. The minimum atomic E-state index is -0.0359. The first-order chi connectivity index (χ1) is 8.26. The van der Waals surface area contributed by atoms with Crippen LogP contribution in [0.2, 0.25) is 0 Å². The third kappa shape index (κ3) is 8.94. The van der Waals surface area contributed by atoms with Gasteiger partial charge in [0, 0.05) is 32.8 Å². The normalized spacial score (nSPS) is 10.3. The van der Waals surface area contributed by atoms with Crippen LogP contribution >= 0.6 is 0 Å². The minimum Gasteiger partial charge on any atom is -0.380 e. The zero-order chi connectivity index (χ0) is 12.9. The van der Waals surface area contributed by atoms with Crippen LogP contribution in [0.25, 0.3) is 0 Å². The zero-order valence-electron chi connectivity index (χ0n) is 11.3. The number of nitrogens with one attached hydrogen (secondary N) is 1. The number of nitrogens with zero attached hydrogens (tertiary/aromatic N) is 1. The van der Waals surface area contributed by atoms with Gasteiger partial charge in [0.05, 0.1) is 13.2 Å². The summed E-state index contributed by atoms with van der Waals surface area (Å²) in [6.07, 6.45) is 0.941. The highest BCUT2D eigenvalue weighted by molar-refractivity contribution is 5.74. The number of carbonyl (C=O) groups is 1. The molecule has 102 valence electrons. The maximum atomic E-state index is 11.8. The zero-order valence-corrected chi connectivity index (χ0v) is 11.3. The number of ether oxygens (including phenoxy) is 2. The van der Waals surface area contributed by atoms with Crippen molar-refractivity contribution in [3.05, 3.63) is 0 Å². The smallest absolute Gasteiger partial charge is 0.317 e. The molecule has 0 aromatic carbocycles. The molecule has 0 atom stereocenters. The fourth-order valence-electron chi connectivity index (χ4n) is 1.30. The van der Waals surface area contributed by atoms with E-state index in [2.05, 4.69) is 5.32 Å². The number of hydrogen-bond donors (Lipinski definition) is 1. The molecule has 0 fully saturated rings. The van der Waals surface area contributed by atoms with E-state index in [4.69, 9.17) is 9.47 Å². The topological polar surface area (TPSA) is 50.8 Å². The molecule has 0 saturated heterocycles. The summed E-state index contributed by atoms with van der Waals surface area (Å²) >= 11 is 0. The van der Waals surface area contributed by atoms with Gasteiger partial charge >= 0.3 is 6.03 Å². The molecule has 5 heteroatoms. The van der Waals surface area contributed by atoms with Gasteiger partial charge in [0.2, 0.25) is 0 Å². The summed E-state index contributed by atoms with van der Waals surface area (Å²) in [5.41, 5.74) is 0. The maximum Gasteiger partial charge on any atom is 0.317 e. The average molecular weight is 246 g/mol. The van der Waals surface area contributed by atoms with E-state index in [-0.39, 0.29) is 6.03 Å². The summed E-state index contributed by atoms with van der Waals surface area (Å²) in [6.45, 7) is 10.3. The second kappa shape index (κ2) is 11.7. The molecule has 0 aliphatic heterocycles. The molecule has 0 aliphatic carbocycles. The Labute approximate surface area is 104 Å². The molecule has 0 heterocycles. The SMILES string of the molecule is CCCNC(=O)N(CCOCC)CCOCC. The lowest BCUT2D eigenvalue weighted by Gasteiger charge is -2.22. The van der Waals surface area contributed by atoms with Crippen molar-refractivity contribution in [3.8, 4) is 0 Å². The van der Waals surface area contributed by atoms with Crippen LogP contribution in [0.15, 0.2) is 0 Å². The molecule has 0 aliphatic rings. The first-order valence-corrected chi connectivity index (χ1v) is 6.44. The van der Waals surface area contributed by atoms with E-state index in [0.717, 1.165) is 6.42 Å². The monoisotopic (exact) mass is 246 g/mol. The van der Waals surface area contributed by atoms with Gasteiger partial charge in [-0.05, 0) is 20.3 Å². The van der Waals surface area contributed by atoms with Gasteiger partial charge in [-0.1, -0.05) is 6.92 Å². The third-order valence-corrected chi connectivity index (χ3v) is 2.23. The number of carbonyl (C=O) groups excluding carboxylic acids is 1. The lowest BCUT2D eigenvalue weighted by molar-refractivity contribution is 0.0925. The van der Waals surface area contributed by atoms with Crippen LogP contribution in [0.1, 0.15) is 27.2 Å². The molecule has 2 amide bonds. The summed E-state index contributed by atoms with van der Waals surface area (Å²) < 4.78 is 10.5. The van der Waals surface area contributed by atoms with Crippen LogP contribution < -0.4 is 5.32 Å². The molecule has 1 N–H and O–H groups in total. The predicted octanol–water partition coefficient (Wildman–Crippen LogP) is 1.48. The summed E-state index contributed by atoms with van der Waals surface area (Å²) in [5, 5.41) is 2.86. The van der Waals surface area contributed by atoms with Gasteiger partial charge in [0.25, 0.3) is 0 Å². The van der Waals surface area contributed by atoms with E-state index in [9.17, 15) is 4.79 Å². The van der Waals surface area contributed by atoms with Crippen molar-refractivity contribution in [2.24, 2.45) is 0 Å². The molecular formula is C12H26N2O3. The summed E-state index contributed by atoms with van der Waals surface area (Å²) in [4.78, 5) is 13.5. The van der Waals surface area contributed by atoms with E-state index in [1.807, 2.05) is 20.8 Å². The van der Waals surface area contributed by atoms with Gasteiger partial charge in [0.15, 0.2) is 0 Å². The average Bonchev–Trinajstić information content (AvgIpc) is 2.34. The number of amides is 2. The first kappa shape index (κ1) is 16.2. The second-order valence-corrected chi connectivity index (χ2v) is 3.61. The van der Waals surface area contributed by atoms with Gasteiger partial charge < -0.3 is 19.7 Å². The van der Waals surface area contributed by atoms with Crippen molar-refractivity contribution in [3.63, 3.8) is 0 Å². The minimum absolute atomic E-state index is 0.0359. The third-order valence-electron chi connectivity index (χ3n) is 2.23. The molecule has 0 bridgehead atoms. The highest BCUT2D eigenvalue weighted by Gasteiger charge is 2.11. The fourth-order valence-corrected chi connectivity index (χ4v) is 1.30. The fraction of sp³-hybridized carbons (Fsp3) is 0.917. The van der Waals surface area contributed by atoms with E-state index in [0.29, 0.717) is 46.1 Å². The quantitative estimate of drug-likeness (QED) is 0.594. The molecule has 0 rings (SSSR count). The van der Waals surface area contributed by atoms with Gasteiger partial charge in [0.1, 0.15) is 0 Å². The second-order valence-electron chi connectivity index (χ2n) is 3.61. The van der Waals surface area contributed by atoms with Gasteiger partial charge in [-0.2, -0.15) is 0 Å². The van der Waals surface area contributed by atoms with Crippen molar-refractivity contribution in [2.45, 2.75) is 27.2 Å². The Morgan fingerprint density at radius 2 is 1.59 bits per heavy atom. The van der Waals surface area contributed by atoms with Crippen molar-refractivity contribution in [2.75, 3.05) is 46.1 Å². The van der Waals surface area contributed by atoms with Crippen LogP contribution in [0.3, 0.4) is 0 Å². The van der Waals surface area contributed by atoms with Gasteiger partial charge in [-0.25, -0.2) is 4.79 Å². The summed E-state index contributed by atoms with van der Waals surface area (Å²) in [6, 6.07) is -0.0359. The lowest BCUT2D eigenvalue weighted by Crippen LogP contribution is -2.43. The van der Waals surface area contributed by atoms with Gasteiger partial charge in [-0.15, -0.1) is 0 Å². The Balaban J connectivity index is 3.94. The largest absolute Gasteiger partial charge is 0.380 e. The van der Waals surface area contributed by atoms with E-state index >= 15 is 0 Å². The lowest BCUT2D eigenvalue weighted by atomic mass is 10.4. The Hall–Kier alpha value is -0.810. The van der Waals surface area contributed by atoms with Gasteiger partial charge in [-0.3, -0.25) is 0 Å². The molecule has 0 saturated carbocycles. The molecule has 0 aromatic rings. The summed E-state index contributed by atoms with van der Waals surface area (Å²) in [5.74, 6) is 0. The molecular weight excluding hydrogens is 220 g/mol. The molecule has 17 heavy (non-hydrogen) atoms. The molecule has 0 aromatic heterocycles. The Morgan fingerprint density at radius 1 is 1.06 bits per heavy atom. The van der Waals surface area contributed by atoms with Crippen molar-refractivity contribution < 1.29 is 14.3 Å². The highest BCUT2D eigenvalue weighted by atomic mass is 16.5. The number of urea groups is 1. The number of hydrogen-bond acceptors (Lipinski definition) is 3. The molecule has 0 unspecified atom stereocenters. The van der Waals surface area contributed by atoms with Crippen molar-refractivity contribution in [1.82, 2.24) is 10.2 Å². The first-order valence-electron chi connectivity index (χ1n) is 6.44. The van der Waals surface area contributed by atoms with Crippen molar-refractivity contribution >= 4 is 6.03 Å². The summed E-state index contributed by atoms with van der Waals surface area (Å²) in [7, 11) is 0. The van der Waals surface area contributed by atoms with Crippen LogP contribution in [0, 0.1) is 0 Å². The van der Waals surface area contributed by atoms with E-state index in [1.54, 1.807) is 4.90 Å². The van der Waals surface area contributed by atoms with E-state index < -0.39 is 0 Å². The highest BCUT2D eigenvalue weighted by Crippen LogP contribution is 1.92. The maximum absolute atomic E-state index is 11.8. The Morgan fingerprint density at radius 3 is 2.00 bits per heavy atom. The molecule has 5 nitrogen and oxygen atoms in total. The van der Waals surface area contributed by atoms with Crippen LogP contribution in [-0.2, 0) is 9.47 Å². The Bertz CT molecular complexity index is 179. The molecule has 0 spiro atoms. The molecule has 0 radical (unpaired) electrons. The van der Waals surface area contributed by atoms with Crippen LogP contribution in [0.5, 0.6) is 0 Å². The van der Waals surface area contributed by atoms with Crippen molar-refractivity contribution in [1.29, 1.82) is 0 Å². The van der Waals surface area contributed by atoms with Crippen LogP contribution in [-0.4, -0.2) is 57.0 Å². The van der Waals surface area contributed by atoms with Crippen LogP contribution in [0.4, 0.5) is 4.79 Å².